The monoisotopic (exact) mass is 903 g/mol. The van der Waals surface area contributed by atoms with E-state index < -0.39 is 107 Å². The predicted molar refractivity (Wildman–Crippen MR) is 238 cm³/mol. The van der Waals surface area contributed by atoms with Gasteiger partial charge in [0, 0.05) is 18.7 Å². The Kier molecular flexibility index (Phi) is 22.1. The van der Waals surface area contributed by atoms with E-state index in [4.69, 9.17) is 31.5 Å². The Morgan fingerprint density at radius 1 is 0.812 bits per heavy atom. The average molecular weight is 903 g/mol. The number of aliphatic imine (C=N–C) groups is 1. The second-order valence-electron chi connectivity index (χ2n) is 18.3. The van der Waals surface area contributed by atoms with E-state index in [1.54, 1.807) is 106 Å². The minimum absolute atomic E-state index is 0.0234. The number of amides is 7. The van der Waals surface area contributed by atoms with Crippen LogP contribution in [0.1, 0.15) is 108 Å². The molecule has 0 aliphatic heterocycles. The summed E-state index contributed by atoms with van der Waals surface area (Å²) in [5, 5.41) is 10.0. The Bertz CT molecular complexity index is 1850. The third-order valence-electron chi connectivity index (χ3n) is 8.39. The lowest BCUT2D eigenvalue weighted by molar-refractivity contribution is -0.156. The molecule has 0 saturated carbocycles. The maximum absolute atomic E-state index is 14.7. The van der Waals surface area contributed by atoms with Crippen molar-refractivity contribution in [1.82, 2.24) is 31.6 Å². The molecule has 0 fully saturated rings. The van der Waals surface area contributed by atoms with E-state index in [-0.39, 0.29) is 37.5 Å². The molecule has 7 amide bonds. The van der Waals surface area contributed by atoms with Crippen LogP contribution in [-0.4, -0.2) is 107 Å². The molecule has 1 aromatic carbocycles. The SMILES string of the molecule is C/C(=C\[C@H](C(=O)N(C(=O)OC(C)(C)C)[C@@H](CCCN=C(N)NC(=O)OC(C)(C)C)C(=O)NCC(=O)NN)C(C)C)NC(=O)[C@@H](Cc1ccccc1)NC(=O)[C@@H](N)CC(=O)OC(C)(C)C. The summed E-state index contributed by atoms with van der Waals surface area (Å²) in [5.41, 5.74) is 11.9. The van der Waals surface area contributed by atoms with Gasteiger partial charge in [-0.25, -0.2) is 20.3 Å². The van der Waals surface area contributed by atoms with Gasteiger partial charge in [0.1, 0.15) is 28.9 Å². The molecule has 64 heavy (non-hydrogen) atoms. The van der Waals surface area contributed by atoms with E-state index in [0.717, 1.165) is 0 Å². The van der Waals surface area contributed by atoms with Gasteiger partial charge in [-0.3, -0.25) is 44.5 Å². The zero-order chi connectivity index (χ0) is 49.2. The van der Waals surface area contributed by atoms with E-state index in [1.807, 2.05) is 5.43 Å². The fourth-order valence-electron chi connectivity index (χ4n) is 5.62. The van der Waals surface area contributed by atoms with Crippen LogP contribution in [0.25, 0.3) is 0 Å². The molecule has 0 heterocycles. The normalized spacial score (nSPS) is 14.2. The number of ether oxygens (including phenoxy) is 3. The summed E-state index contributed by atoms with van der Waals surface area (Å²) in [4.78, 5) is 111. The maximum Gasteiger partial charge on any atom is 0.417 e. The zero-order valence-electron chi connectivity index (χ0n) is 39.2. The van der Waals surface area contributed by atoms with E-state index in [0.29, 0.717) is 10.5 Å². The lowest BCUT2D eigenvalue weighted by atomic mass is 9.92. The van der Waals surface area contributed by atoms with Crippen molar-refractivity contribution in [3.63, 3.8) is 0 Å². The number of hydrogen-bond donors (Lipinski definition) is 8. The Balaban J connectivity index is 3.60. The van der Waals surface area contributed by atoms with Crippen LogP contribution in [0.4, 0.5) is 9.59 Å². The number of rotatable bonds is 19. The van der Waals surface area contributed by atoms with Gasteiger partial charge in [-0.1, -0.05) is 50.3 Å². The molecule has 0 saturated heterocycles. The van der Waals surface area contributed by atoms with Gasteiger partial charge in [0.25, 0.3) is 5.91 Å². The van der Waals surface area contributed by atoms with Gasteiger partial charge < -0.3 is 41.6 Å². The van der Waals surface area contributed by atoms with Gasteiger partial charge in [0.15, 0.2) is 5.96 Å². The van der Waals surface area contributed by atoms with E-state index in [2.05, 4.69) is 26.3 Å². The standard InChI is InChI=1S/C43H70N10O11/c1-25(2)28(21-26(3)49-35(57)30(22-27-17-14-13-15-18-27)50-34(56)29(44)23-33(55)62-41(4,5)6)37(59)53(40(61)64-43(10,11)12)31(36(58)48-24-32(54)52-46)19-16-20-47-38(45)51-39(60)63-42(7,8)9/h13-15,17-18,21,25,28-31H,16,19-20,22-24,44,46H2,1-12H3,(H,48,58)(H,49,57)(H,50,56)(H,52,54)(H3,45,47,51,60)/b26-21+/t28-,29-,30+,31-/m0/s1. The predicted octanol–water partition coefficient (Wildman–Crippen LogP) is 1.92. The number of imide groups is 1. The Morgan fingerprint density at radius 3 is 1.92 bits per heavy atom. The highest BCUT2D eigenvalue weighted by Gasteiger charge is 2.41. The summed E-state index contributed by atoms with van der Waals surface area (Å²) < 4.78 is 16.1. The van der Waals surface area contributed by atoms with Crippen LogP contribution in [-0.2, 0) is 49.4 Å². The number of hydrogen-bond acceptors (Lipinski definition) is 14. The summed E-state index contributed by atoms with van der Waals surface area (Å²) in [5.74, 6) is -1.55. The van der Waals surface area contributed by atoms with Crippen molar-refractivity contribution in [1.29, 1.82) is 0 Å². The fraction of sp³-hybridized carbons (Fsp3) is 0.605. The Morgan fingerprint density at radius 2 is 1.39 bits per heavy atom. The molecule has 0 aromatic heterocycles. The van der Waals surface area contributed by atoms with Crippen LogP contribution in [0.2, 0.25) is 0 Å². The van der Waals surface area contributed by atoms with Crippen LogP contribution in [0.5, 0.6) is 0 Å². The first-order chi connectivity index (χ1) is 29.4. The first-order valence-electron chi connectivity index (χ1n) is 20.9. The van der Waals surface area contributed by atoms with Crippen molar-refractivity contribution < 1.29 is 52.6 Å². The minimum Gasteiger partial charge on any atom is -0.460 e. The molecule has 0 radical (unpaired) electrons. The number of guanidine groups is 1. The smallest absolute Gasteiger partial charge is 0.417 e. The van der Waals surface area contributed by atoms with Crippen LogP contribution in [0, 0.1) is 11.8 Å². The quantitative estimate of drug-likeness (QED) is 0.0144. The largest absolute Gasteiger partial charge is 0.460 e. The Hall–Kier alpha value is -6.09. The summed E-state index contributed by atoms with van der Waals surface area (Å²) in [6.07, 6.45) is -1.23. The Labute approximate surface area is 375 Å². The number of benzene rings is 1. The molecule has 358 valence electrons. The maximum atomic E-state index is 14.7. The number of nitrogens with zero attached hydrogens (tertiary/aromatic N) is 2. The van der Waals surface area contributed by atoms with E-state index in [1.165, 1.54) is 13.0 Å². The third kappa shape index (κ3) is 22.3. The number of alkyl carbamates (subject to hydrolysis) is 1. The number of carbonyl (C=O) groups is 8. The van der Waals surface area contributed by atoms with Crippen LogP contribution < -0.4 is 44.0 Å². The average Bonchev–Trinajstić information content (AvgIpc) is 3.14. The second kappa shape index (κ2) is 25.3. The molecule has 0 bridgehead atoms. The number of nitrogens with one attached hydrogen (secondary N) is 5. The van der Waals surface area contributed by atoms with Crippen molar-refractivity contribution in [3.05, 3.63) is 47.7 Å². The van der Waals surface area contributed by atoms with Crippen molar-refractivity contribution in [2.75, 3.05) is 13.1 Å². The molecular weight excluding hydrogens is 833 g/mol. The molecule has 11 N–H and O–H groups in total. The molecule has 1 rings (SSSR count). The topological polar surface area (TPSA) is 318 Å². The zero-order valence-corrected chi connectivity index (χ0v) is 39.2. The van der Waals surface area contributed by atoms with Crippen molar-refractivity contribution in [3.8, 4) is 0 Å². The van der Waals surface area contributed by atoms with Gasteiger partial charge in [0.05, 0.1) is 24.9 Å². The summed E-state index contributed by atoms with van der Waals surface area (Å²) in [6.45, 7) is 18.9. The van der Waals surface area contributed by atoms with Crippen molar-refractivity contribution >= 4 is 53.7 Å². The van der Waals surface area contributed by atoms with Crippen LogP contribution >= 0.6 is 0 Å². The number of allylic oxidation sites excluding steroid dienone is 1. The van der Waals surface area contributed by atoms with Gasteiger partial charge in [-0.15, -0.1) is 0 Å². The molecular formula is C43H70N10O11. The molecule has 0 aliphatic rings. The van der Waals surface area contributed by atoms with Gasteiger partial charge in [-0.05, 0) is 93.6 Å². The van der Waals surface area contributed by atoms with E-state index in [9.17, 15) is 38.4 Å². The van der Waals surface area contributed by atoms with Gasteiger partial charge in [0.2, 0.25) is 23.6 Å². The summed E-state index contributed by atoms with van der Waals surface area (Å²) in [6, 6.07) is 4.69. The molecule has 21 nitrogen and oxygen atoms in total. The lowest BCUT2D eigenvalue weighted by Gasteiger charge is -2.34. The van der Waals surface area contributed by atoms with Crippen LogP contribution in [0.3, 0.4) is 0 Å². The number of nitrogens with two attached hydrogens (primary N) is 3. The highest BCUT2D eigenvalue weighted by molar-refractivity contribution is 6.00. The highest BCUT2D eigenvalue weighted by atomic mass is 16.6. The minimum atomic E-state index is -1.58. The molecule has 0 spiro atoms. The number of carbonyl (C=O) groups excluding carboxylic acids is 8. The molecule has 0 aliphatic carbocycles. The molecule has 0 unspecified atom stereocenters. The van der Waals surface area contributed by atoms with Crippen LogP contribution in [0.15, 0.2) is 47.1 Å². The third-order valence-corrected chi connectivity index (χ3v) is 8.39. The fourth-order valence-corrected chi connectivity index (χ4v) is 5.62. The lowest BCUT2D eigenvalue weighted by Crippen LogP contribution is -2.56. The van der Waals surface area contributed by atoms with Gasteiger partial charge in [-0.2, -0.15) is 0 Å². The molecule has 4 atom stereocenters. The van der Waals surface area contributed by atoms with Gasteiger partial charge >= 0.3 is 18.2 Å². The summed E-state index contributed by atoms with van der Waals surface area (Å²) >= 11 is 0. The van der Waals surface area contributed by atoms with Crippen molar-refractivity contribution in [2.45, 2.75) is 144 Å². The van der Waals surface area contributed by atoms with Crippen molar-refractivity contribution in [2.24, 2.45) is 34.1 Å². The molecule has 21 heteroatoms. The first kappa shape index (κ1) is 55.9. The first-order valence-corrected chi connectivity index (χ1v) is 20.9. The second-order valence-corrected chi connectivity index (χ2v) is 18.3. The molecule has 1 aromatic rings. The summed E-state index contributed by atoms with van der Waals surface area (Å²) in [7, 11) is 0. The number of esters is 1. The highest BCUT2D eigenvalue weighted by Crippen LogP contribution is 2.24. The van der Waals surface area contributed by atoms with E-state index >= 15 is 0 Å². The number of hydrazine groups is 1.